The number of nitrogens with zero attached hydrogens (tertiary/aromatic N) is 3. The summed E-state index contributed by atoms with van der Waals surface area (Å²) in [4.78, 5) is 15.7. The highest BCUT2D eigenvalue weighted by molar-refractivity contribution is 7.80. The summed E-state index contributed by atoms with van der Waals surface area (Å²) in [5, 5.41) is 24.3. The topological polar surface area (TPSA) is 96.9 Å². The van der Waals surface area contributed by atoms with Crippen LogP contribution in [0.3, 0.4) is 0 Å². The number of aromatic hydroxyl groups is 1. The number of carboxylic acids is 1. The van der Waals surface area contributed by atoms with Crippen LogP contribution < -0.4 is 4.74 Å². The van der Waals surface area contributed by atoms with Crippen LogP contribution in [0, 0.1) is 0 Å². The number of halogens is 4. The fraction of sp³-hybridized carbons (Fsp3) is 0.308. The molecule has 0 amide bonds. The molecule has 2 aromatic carbocycles. The summed E-state index contributed by atoms with van der Waals surface area (Å²) in [5.74, 6) is -0.594. The number of thiocarbonyl (C=S) groups is 1. The first-order valence-corrected chi connectivity index (χ1v) is 12.2. The average Bonchev–Trinajstić information content (AvgIpc) is 3.15. The van der Waals surface area contributed by atoms with Gasteiger partial charge in [0.15, 0.2) is 5.75 Å². The van der Waals surface area contributed by atoms with Crippen molar-refractivity contribution in [1.82, 2.24) is 9.78 Å². The van der Waals surface area contributed by atoms with Gasteiger partial charge in [-0.15, -0.1) is 0 Å². The van der Waals surface area contributed by atoms with Gasteiger partial charge in [-0.3, -0.25) is 14.5 Å². The van der Waals surface area contributed by atoms with E-state index in [1.807, 2.05) is 0 Å². The number of ether oxygens (including phenoxy) is 1. The molecule has 0 bridgehead atoms. The lowest BCUT2D eigenvalue weighted by molar-refractivity contribution is -0.138. The van der Waals surface area contributed by atoms with E-state index in [-0.39, 0.29) is 36.7 Å². The predicted molar refractivity (Wildman–Crippen MR) is 143 cm³/mol. The molecule has 12 heteroatoms. The van der Waals surface area contributed by atoms with Crippen LogP contribution in [-0.4, -0.2) is 49.7 Å². The minimum absolute atomic E-state index is 0.0107. The third-order valence-electron chi connectivity index (χ3n) is 5.55. The summed E-state index contributed by atoms with van der Waals surface area (Å²) >= 11 is 11.6. The van der Waals surface area contributed by atoms with E-state index >= 15 is 0 Å². The Hall–Kier alpha value is -3.44. The van der Waals surface area contributed by atoms with Gasteiger partial charge in [0.25, 0.3) is 0 Å². The Morgan fingerprint density at radius 1 is 1.21 bits per heavy atom. The first-order chi connectivity index (χ1) is 17.9. The Kier molecular flexibility index (Phi) is 9.50. The Bertz CT molecular complexity index is 1360. The van der Waals surface area contributed by atoms with Crippen LogP contribution in [0.5, 0.6) is 11.5 Å². The van der Waals surface area contributed by atoms with Crippen LogP contribution in [0.2, 0.25) is 5.02 Å². The van der Waals surface area contributed by atoms with Crippen molar-refractivity contribution in [2.24, 2.45) is 12.0 Å². The van der Waals surface area contributed by atoms with E-state index in [0.717, 1.165) is 17.7 Å². The molecule has 0 aliphatic heterocycles. The number of aromatic nitrogens is 2. The normalized spacial score (nSPS) is 12.0. The van der Waals surface area contributed by atoms with Crippen molar-refractivity contribution < 1.29 is 32.9 Å². The van der Waals surface area contributed by atoms with Gasteiger partial charge >= 0.3 is 12.1 Å². The fourth-order valence-electron chi connectivity index (χ4n) is 3.66. The van der Waals surface area contributed by atoms with Gasteiger partial charge in [-0.1, -0.05) is 42.0 Å². The smallest absolute Gasteiger partial charge is 0.416 e. The lowest BCUT2D eigenvalue weighted by atomic mass is 10.1. The molecule has 0 unspecified atom stereocenters. The quantitative estimate of drug-likeness (QED) is 0.164. The summed E-state index contributed by atoms with van der Waals surface area (Å²) in [6, 6.07) is 9.56. The van der Waals surface area contributed by atoms with Gasteiger partial charge in [0, 0.05) is 35.3 Å². The van der Waals surface area contributed by atoms with Crippen molar-refractivity contribution in [2.45, 2.75) is 32.4 Å². The highest BCUT2D eigenvalue weighted by Gasteiger charge is 2.30. The standard InChI is InChI=1S/C26H25ClF3N3O4S/c1-15(23-25(36)24(33(2)32-23)16-5-8-18(9-6-16)26(28,29)30)31-14-20(38)12-17-7-10-19(27)13-21(17)37-11-3-4-22(34)35/h5-10,13,36H,3-4,11-12,14H2,1-2H3,(H,34,35). The molecule has 0 saturated carbocycles. The molecule has 1 aromatic heterocycles. The highest BCUT2D eigenvalue weighted by atomic mass is 35.5. The van der Waals surface area contributed by atoms with Gasteiger partial charge in [0.05, 0.1) is 24.4 Å². The monoisotopic (exact) mass is 567 g/mol. The predicted octanol–water partition coefficient (Wildman–Crippen LogP) is 6.13. The van der Waals surface area contributed by atoms with Crippen molar-refractivity contribution >= 4 is 40.4 Å². The Labute approximate surface area is 227 Å². The molecular weight excluding hydrogens is 543 g/mol. The van der Waals surface area contributed by atoms with E-state index in [2.05, 4.69) is 10.1 Å². The summed E-state index contributed by atoms with van der Waals surface area (Å²) in [6.07, 6.45) is -3.78. The zero-order valence-corrected chi connectivity index (χ0v) is 22.1. The largest absolute Gasteiger partial charge is 0.504 e. The molecule has 202 valence electrons. The third kappa shape index (κ3) is 7.55. The van der Waals surface area contributed by atoms with Crippen molar-refractivity contribution in [2.75, 3.05) is 13.2 Å². The molecule has 0 saturated heterocycles. The van der Waals surface area contributed by atoms with Crippen LogP contribution >= 0.6 is 23.8 Å². The van der Waals surface area contributed by atoms with Gasteiger partial charge in [-0.25, -0.2) is 0 Å². The molecule has 0 atom stereocenters. The van der Waals surface area contributed by atoms with Gasteiger partial charge in [0.2, 0.25) is 0 Å². The summed E-state index contributed by atoms with van der Waals surface area (Å²) in [6.45, 7) is 2.01. The van der Waals surface area contributed by atoms with Crippen LogP contribution in [-0.2, 0) is 24.4 Å². The molecule has 1 heterocycles. The first kappa shape index (κ1) is 29.1. The number of aliphatic imine (C=N–C) groups is 1. The number of aliphatic carboxylic acids is 1. The van der Waals surface area contributed by atoms with Crippen molar-refractivity contribution in [3.8, 4) is 22.8 Å². The second kappa shape index (κ2) is 12.4. The molecular formula is C26H25ClF3N3O4S. The summed E-state index contributed by atoms with van der Waals surface area (Å²) in [5.41, 5.74) is 1.21. The lowest BCUT2D eigenvalue weighted by Gasteiger charge is -2.12. The SMILES string of the molecule is CC(=NCC(=S)Cc1ccc(Cl)cc1OCCCC(=O)O)c1nn(C)c(-c2ccc(C(F)(F)F)cc2)c1O. The van der Waals surface area contributed by atoms with Gasteiger partial charge in [-0.05, 0) is 43.2 Å². The molecule has 0 radical (unpaired) electrons. The number of benzene rings is 2. The van der Waals surface area contributed by atoms with E-state index < -0.39 is 17.7 Å². The van der Waals surface area contributed by atoms with Gasteiger partial charge in [0.1, 0.15) is 17.1 Å². The number of rotatable bonds is 11. The molecule has 0 aliphatic carbocycles. The summed E-state index contributed by atoms with van der Waals surface area (Å²) in [7, 11) is 1.58. The van der Waals surface area contributed by atoms with Crippen molar-refractivity contribution in [1.29, 1.82) is 0 Å². The van der Waals surface area contributed by atoms with Crippen LogP contribution in [0.1, 0.15) is 36.6 Å². The van der Waals surface area contributed by atoms with E-state index in [0.29, 0.717) is 39.8 Å². The van der Waals surface area contributed by atoms with Crippen LogP contribution in [0.4, 0.5) is 13.2 Å². The van der Waals surface area contributed by atoms with Crippen LogP contribution in [0.15, 0.2) is 47.5 Å². The fourth-order valence-corrected chi connectivity index (χ4v) is 4.04. The highest BCUT2D eigenvalue weighted by Crippen LogP contribution is 2.35. The van der Waals surface area contributed by atoms with Crippen molar-refractivity contribution in [3.63, 3.8) is 0 Å². The maximum atomic E-state index is 12.9. The molecule has 7 nitrogen and oxygen atoms in total. The van der Waals surface area contributed by atoms with Gasteiger partial charge < -0.3 is 14.9 Å². The lowest BCUT2D eigenvalue weighted by Crippen LogP contribution is -2.09. The minimum atomic E-state index is -4.46. The first-order valence-electron chi connectivity index (χ1n) is 11.5. The van der Waals surface area contributed by atoms with Crippen LogP contribution in [0.25, 0.3) is 11.3 Å². The number of alkyl halides is 3. The molecule has 2 N–H and O–H groups in total. The maximum Gasteiger partial charge on any atom is 0.416 e. The average molecular weight is 568 g/mol. The second-order valence-corrected chi connectivity index (χ2v) is 9.47. The van der Waals surface area contributed by atoms with E-state index in [1.54, 1.807) is 32.2 Å². The Balaban J connectivity index is 1.71. The summed E-state index contributed by atoms with van der Waals surface area (Å²) < 4.78 is 45.8. The number of carboxylic acid groups (broad SMARTS) is 1. The zero-order valence-electron chi connectivity index (χ0n) is 20.5. The Morgan fingerprint density at radius 2 is 1.89 bits per heavy atom. The van der Waals surface area contributed by atoms with E-state index in [4.69, 9.17) is 33.7 Å². The Morgan fingerprint density at radius 3 is 2.53 bits per heavy atom. The van der Waals surface area contributed by atoms with Crippen molar-refractivity contribution in [3.05, 3.63) is 64.3 Å². The van der Waals surface area contributed by atoms with Gasteiger partial charge in [-0.2, -0.15) is 18.3 Å². The molecule has 38 heavy (non-hydrogen) atoms. The number of carbonyl (C=O) groups is 1. The van der Waals surface area contributed by atoms with E-state index in [1.165, 1.54) is 16.8 Å². The molecule has 0 aliphatic rings. The molecule has 3 aromatic rings. The maximum absolute atomic E-state index is 12.9. The number of hydrogen-bond acceptors (Lipinski definition) is 6. The molecule has 0 fully saturated rings. The molecule has 0 spiro atoms. The minimum Gasteiger partial charge on any atom is -0.504 e. The number of hydrogen-bond donors (Lipinski definition) is 2. The number of aryl methyl sites for hydroxylation is 1. The van der Waals surface area contributed by atoms with E-state index in [9.17, 15) is 23.1 Å². The third-order valence-corrected chi connectivity index (χ3v) is 6.06. The zero-order chi connectivity index (χ0) is 28.0. The molecule has 3 rings (SSSR count). The second-order valence-electron chi connectivity index (χ2n) is 8.46.